The van der Waals surface area contributed by atoms with Crippen LogP contribution in [0.3, 0.4) is 0 Å². The van der Waals surface area contributed by atoms with E-state index in [9.17, 15) is 18.4 Å². The van der Waals surface area contributed by atoms with E-state index in [0.29, 0.717) is 28.5 Å². The maximum absolute atomic E-state index is 13.4. The number of rotatable bonds is 8. The summed E-state index contributed by atoms with van der Waals surface area (Å²) < 4.78 is 34.6. The van der Waals surface area contributed by atoms with Gasteiger partial charge in [0.1, 0.15) is 11.7 Å². The minimum Gasteiger partial charge on any atom is -0.408 e. The predicted molar refractivity (Wildman–Crippen MR) is 152 cm³/mol. The number of halogens is 2. The third kappa shape index (κ3) is 5.72. The number of nitrogens with zero attached hydrogens (tertiary/aromatic N) is 3. The van der Waals surface area contributed by atoms with Crippen LogP contribution >= 0.6 is 0 Å². The number of nitrogens with one attached hydrogen (secondary N) is 1. The first-order chi connectivity index (χ1) is 18.1. The van der Waals surface area contributed by atoms with E-state index in [1.165, 1.54) is 16.8 Å². The van der Waals surface area contributed by atoms with Crippen LogP contribution in [0, 0.1) is 12.8 Å². The van der Waals surface area contributed by atoms with Crippen LogP contribution in [-0.4, -0.2) is 34.7 Å². The number of amides is 1. The highest BCUT2D eigenvalue weighted by Crippen LogP contribution is 2.49. The molecule has 0 aromatic carbocycles. The van der Waals surface area contributed by atoms with Gasteiger partial charge in [-0.05, 0) is 49.2 Å². The second kappa shape index (κ2) is 10.1. The Morgan fingerprint density at radius 3 is 2.49 bits per heavy atom. The van der Waals surface area contributed by atoms with Gasteiger partial charge in [0.05, 0.1) is 17.3 Å². The fourth-order valence-corrected chi connectivity index (χ4v) is 5.57. The lowest BCUT2D eigenvalue weighted by atomic mass is 10.0. The SMILES string of the molecule is C=CCC(O[Si](C)(C)C(C)(C)C)c1cc(C)c(-c2cc3cnc(NC(=O)C4CC4(F)F)cc3n(C)c2=O)cn1. The average Bonchev–Trinajstić information content (AvgIpc) is 3.49. The van der Waals surface area contributed by atoms with Gasteiger partial charge in [-0.1, -0.05) is 26.8 Å². The molecule has 0 saturated heterocycles. The molecular weight excluding hydrogens is 518 g/mol. The Bertz CT molecular complexity index is 1510. The van der Waals surface area contributed by atoms with Gasteiger partial charge >= 0.3 is 0 Å². The Labute approximate surface area is 228 Å². The van der Waals surface area contributed by atoms with Gasteiger partial charge in [0, 0.05) is 48.4 Å². The molecule has 4 rings (SSSR count). The second-order valence-electron chi connectivity index (χ2n) is 11.9. The first-order valence-corrected chi connectivity index (χ1v) is 15.9. The highest BCUT2D eigenvalue weighted by molar-refractivity contribution is 6.74. The molecule has 2 atom stereocenters. The van der Waals surface area contributed by atoms with Gasteiger partial charge in [-0.15, -0.1) is 6.58 Å². The molecule has 1 aliphatic rings. The summed E-state index contributed by atoms with van der Waals surface area (Å²) in [7, 11) is -0.442. The third-order valence-electron chi connectivity index (χ3n) is 7.88. The molecule has 0 spiro atoms. The predicted octanol–water partition coefficient (Wildman–Crippen LogP) is 6.54. The average molecular weight is 555 g/mol. The summed E-state index contributed by atoms with van der Waals surface area (Å²) in [4.78, 5) is 34.4. The molecule has 10 heteroatoms. The monoisotopic (exact) mass is 554 g/mol. The number of hydrogen-bond acceptors (Lipinski definition) is 5. The van der Waals surface area contributed by atoms with E-state index in [1.54, 1.807) is 19.3 Å². The molecule has 7 nitrogen and oxygen atoms in total. The van der Waals surface area contributed by atoms with Crippen LogP contribution in [0.5, 0.6) is 0 Å². The maximum atomic E-state index is 13.4. The van der Waals surface area contributed by atoms with Crippen LogP contribution in [0.1, 0.15) is 51.0 Å². The summed E-state index contributed by atoms with van der Waals surface area (Å²) in [5.41, 5.74) is 3.10. The zero-order valence-corrected chi connectivity index (χ0v) is 24.6. The molecule has 3 aromatic heterocycles. The normalized spacial score (nSPS) is 17.6. The number of carbonyl (C=O) groups is 1. The zero-order valence-electron chi connectivity index (χ0n) is 23.6. The molecule has 208 valence electrons. The second-order valence-corrected chi connectivity index (χ2v) is 16.6. The quantitative estimate of drug-likeness (QED) is 0.253. The molecule has 1 amide bonds. The lowest BCUT2D eigenvalue weighted by Crippen LogP contribution is -2.41. The Kier molecular flexibility index (Phi) is 7.42. The zero-order chi connectivity index (χ0) is 28.9. The van der Waals surface area contributed by atoms with Crippen molar-refractivity contribution < 1.29 is 18.0 Å². The lowest BCUT2D eigenvalue weighted by molar-refractivity contribution is -0.119. The van der Waals surface area contributed by atoms with E-state index in [1.807, 2.05) is 19.1 Å². The van der Waals surface area contributed by atoms with E-state index < -0.39 is 32.5 Å². The summed E-state index contributed by atoms with van der Waals surface area (Å²) in [6.07, 6.45) is 4.99. The third-order valence-corrected chi connectivity index (χ3v) is 12.4. The maximum Gasteiger partial charge on any atom is 0.260 e. The number of alkyl halides is 2. The van der Waals surface area contributed by atoms with Crippen molar-refractivity contribution in [3.05, 3.63) is 64.9 Å². The van der Waals surface area contributed by atoms with Gasteiger partial charge in [0.25, 0.3) is 11.5 Å². The summed E-state index contributed by atoms with van der Waals surface area (Å²) >= 11 is 0. The lowest BCUT2D eigenvalue weighted by Gasteiger charge is -2.39. The molecule has 0 aliphatic heterocycles. The van der Waals surface area contributed by atoms with E-state index >= 15 is 0 Å². The number of carbonyl (C=O) groups excluding carboxylic acids is 1. The number of fused-ring (bicyclic) bond motifs is 1. The van der Waals surface area contributed by atoms with Crippen LogP contribution in [0.25, 0.3) is 22.0 Å². The van der Waals surface area contributed by atoms with E-state index in [0.717, 1.165) is 11.3 Å². The topological polar surface area (TPSA) is 86.1 Å². The number of aromatic nitrogens is 3. The molecule has 1 fully saturated rings. The smallest absolute Gasteiger partial charge is 0.260 e. The first-order valence-electron chi connectivity index (χ1n) is 13.0. The highest BCUT2D eigenvalue weighted by Gasteiger charge is 2.61. The molecule has 2 unspecified atom stereocenters. The molecule has 3 heterocycles. The van der Waals surface area contributed by atoms with Crippen molar-refractivity contribution in [2.24, 2.45) is 13.0 Å². The molecule has 0 bridgehead atoms. The van der Waals surface area contributed by atoms with Gasteiger partial charge < -0.3 is 14.3 Å². The summed E-state index contributed by atoms with van der Waals surface area (Å²) in [6, 6.07) is 5.22. The van der Waals surface area contributed by atoms with Gasteiger partial charge in [-0.25, -0.2) is 13.8 Å². The van der Waals surface area contributed by atoms with Crippen molar-refractivity contribution in [2.45, 2.75) is 70.7 Å². The number of hydrogen-bond donors (Lipinski definition) is 1. The van der Waals surface area contributed by atoms with Crippen molar-refractivity contribution in [2.75, 3.05) is 5.32 Å². The molecular formula is C29H36F2N4O3Si. The van der Waals surface area contributed by atoms with Crippen LogP contribution in [0.4, 0.5) is 14.6 Å². The fraction of sp³-hybridized carbons (Fsp3) is 0.448. The highest BCUT2D eigenvalue weighted by atomic mass is 28.4. The summed E-state index contributed by atoms with van der Waals surface area (Å²) in [6.45, 7) is 16.8. The van der Waals surface area contributed by atoms with Gasteiger partial charge in [-0.3, -0.25) is 14.6 Å². The van der Waals surface area contributed by atoms with Crippen LogP contribution in [0.15, 0.2) is 48.0 Å². The standard InChI is InChI=1S/C29H36F2N4O3Si/c1-9-10-24(38-39(7,8)28(3,4)5)22-11-17(2)20(16-32-22)19-12-18-15-33-25(13-23(18)35(6)27(19)37)34-26(36)21-14-29(21,30)31/h9,11-13,15-16,21,24H,1,10,14H2,2-8H3,(H,33,34,36). The van der Waals surface area contributed by atoms with E-state index in [-0.39, 0.29) is 22.5 Å². The van der Waals surface area contributed by atoms with Crippen LogP contribution in [-0.2, 0) is 16.3 Å². The van der Waals surface area contributed by atoms with Crippen LogP contribution in [0.2, 0.25) is 18.1 Å². The number of pyridine rings is 3. The summed E-state index contributed by atoms with van der Waals surface area (Å²) in [5, 5.41) is 3.14. The Morgan fingerprint density at radius 1 is 1.26 bits per heavy atom. The fourth-order valence-electron chi connectivity index (χ4n) is 4.29. The minimum atomic E-state index is -2.97. The van der Waals surface area contributed by atoms with Crippen molar-refractivity contribution in [3.63, 3.8) is 0 Å². The van der Waals surface area contributed by atoms with Gasteiger partial charge in [0.2, 0.25) is 5.91 Å². The molecule has 0 radical (unpaired) electrons. The van der Waals surface area contributed by atoms with Crippen LogP contribution < -0.4 is 10.9 Å². The van der Waals surface area contributed by atoms with Crippen molar-refractivity contribution in [3.8, 4) is 11.1 Å². The summed E-state index contributed by atoms with van der Waals surface area (Å²) in [5.74, 6) is -4.96. The molecule has 39 heavy (non-hydrogen) atoms. The first kappa shape index (κ1) is 28.8. The molecule has 1 saturated carbocycles. The van der Waals surface area contributed by atoms with Crippen molar-refractivity contribution in [1.29, 1.82) is 0 Å². The molecule has 1 N–H and O–H groups in total. The number of aryl methyl sites for hydroxylation is 2. The van der Waals surface area contributed by atoms with Gasteiger partial charge in [0.15, 0.2) is 8.32 Å². The van der Waals surface area contributed by atoms with Crippen molar-refractivity contribution >= 4 is 30.9 Å². The van der Waals surface area contributed by atoms with Crippen molar-refractivity contribution in [1.82, 2.24) is 14.5 Å². The Balaban J connectivity index is 1.66. The molecule has 3 aromatic rings. The van der Waals surface area contributed by atoms with Gasteiger partial charge in [-0.2, -0.15) is 0 Å². The Morgan fingerprint density at radius 2 is 1.92 bits per heavy atom. The largest absolute Gasteiger partial charge is 0.408 e. The van der Waals surface area contributed by atoms with E-state index in [4.69, 9.17) is 9.41 Å². The number of anilines is 1. The minimum absolute atomic E-state index is 0.0401. The Hall–Kier alpha value is -3.24. The van der Waals surface area contributed by atoms with E-state index in [2.05, 4.69) is 50.7 Å². The molecule has 1 aliphatic carbocycles.